The van der Waals surface area contributed by atoms with Gasteiger partial charge in [0.05, 0.1) is 0 Å². The van der Waals surface area contributed by atoms with Crippen LogP contribution in [0, 0.1) is 18.3 Å². The lowest BCUT2D eigenvalue weighted by molar-refractivity contribution is 0.0825. The summed E-state index contributed by atoms with van der Waals surface area (Å²) in [4.78, 5) is 13.5. The molecular weight excluding hydrogens is 230 g/mol. The number of nitrogens with zero attached hydrogens (tertiary/aromatic N) is 3. The van der Waals surface area contributed by atoms with Crippen LogP contribution >= 0.6 is 0 Å². The highest BCUT2D eigenvalue weighted by Gasteiger charge is 2.25. The van der Waals surface area contributed by atoms with Crippen LogP contribution < -0.4 is 0 Å². The van der Waals surface area contributed by atoms with Crippen molar-refractivity contribution in [3.63, 3.8) is 0 Å². The molecule has 2 aromatic heterocycles. The third-order valence-corrected chi connectivity index (χ3v) is 2.64. The molecule has 5 nitrogen and oxygen atoms in total. The SMILES string of the molecule is Cc1oc(-n2cccc2)c(C#N)c1C(=O)N(C)C. The molecule has 0 radical (unpaired) electrons. The normalized spacial score (nSPS) is 10.1. The second-order valence-electron chi connectivity index (χ2n) is 4.12. The van der Waals surface area contributed by atoms with Crippen LogP contribution in [-0.4, -0.2) is 29.5 Å². The molecular formula is C13H13N3O2. The first-order chi connectivity index (χ1) is 8.56. The predicted molar refractivity (Wildman–Crippen MR) is 65.5 cm³/mol. The van der Waals surface area contributed by atoms with Gasteiger partial charge in [-0.1, -0.05) is 0 Å². The molecule has 1 amide bonds. The van der Waals surface area contributed by atoms with Crippen molar-refractivity contribution in [1.29, 1.82) is 5.26 Å². The van der Waals surface area contributed by atoms with E-state index >= 15 is 0 Å². The molecule has 0 fully saturated rings. The molecule has 0 spiro atoms. The van der Waals surface area contributed by atoms with Gasteiger partial charge in [-0.15, -0.1) is 0 Å². The fourth-order valence-corrected chi connectivity index (χ4v) is 1.77. The van der Waals surface area contributed by atoms with Crippen LogP contribution in [0.1, 0.15) is 21.7 Å². The molecule has 0 aliphatic rings. The lowest BCUT2D eigenvalue weighted by Crippen LogP contribution is -2.22. The second-order valence-corrected chi connectivity index (χ2v) is 4.12. The van der Waals surface area contributed by atoms with E-state index in [1.165, 1.54) is 4.90 Å². The molecule has 0 atom stereocenters. The van der Waals surface area contributed by atoms with Gasteiger partial charge in [-0.05, 0) is 19.1 Å². The van der Waals surface area contributed by atoms with Crippen molar-refractivity contribution in [2.45, 2.75) is 6.92 Å². The number of carbonyl (C=O) groups is 1. The molecule has 0 saturated heterocycles. The average Bonchev–Trinajstić information content (AvgIpc) is 2.94. The average molecular weight is 243 g/mol. The summed E-state index contributed by atoms with van der Waals surface area (Å²) in [5.74, 6) is 0.602. The first-order valence-electron chi connectivity index (χ1n) is 5.44. The first-order valence-corrected chi connectivity index (χ1v) is 5.44. The molecule has 0 N–H and O–H groups in total. The highest BCUT2D eigenvalue weighted by molar-refractivity contribution is 5.98. The van der Waals surface area contributed by atoms with Gasteiger partial charge in [0.15, 0.2) is 0 Å². The molecule has 92 valence electrons. The van der Waals surface area contributed by atoms with Crippen LogP contribution in [0.15, 0.2) is 28.9 Å². The van der Waals surface area contributed by atoms with E-state index in [2.05, 4.69) is 0 Å². The summed E-state index contributed by atoms with van der Waals surface area (Å²) in [5.41, 5.74) is 0.591. The van der Waals surface area contributed by atoms with Crippen molar-refractivity contribution in [2.24, 2.45) is 0 Å². The highest BCUT2D eigenvalue weighted by atomic mass is 16.4. The summed E-state index contributed by atoms with van der Waals surface area (Å²) in [7, 11) is 3.29. The zero-order valence-corrected chi connectivity index (χ0v) is 10.5. The minimum atomic E-state index is -0.230. The van der Waals surface area contributed by atoms with Crippen LogP contribution in [0.25, 0.3) is 5.88 Å². The number of rotatable bonds is 2. The van der Waals surface area contributed by atoms with Gasteiger partial charge in [0.1, 0.15) is 23.0 Å². The standard InChI is InChI=1S/C13H13N3O2/c1-9-11(12(17)15(2)3)10(8-14)13(18-9)16-6-4-5-7-16/h4-7H,1-3H3. The second kappa shape index (κ2) is 4.41. The summed E-state index contributed by atoms with van der Waals surface area (Å²) in [5, 5.41) is 9.25. The molecule has 18 heavy (non-hydrogen) atoms. The minimum Gasteiger partial charge on any atom is -0.443 e. The number of hydrogen-bond acceptors (Lipinski definition) is 3. The first kappa shape index (κ1) is 12.0. The maximum Gasteiger partial charge on any atom is 0.258 e. The molecule has 0 saturated carbocycles. The van der Waals surface area contributed by atoms with E-state index in [-0.39, 0.29) is 11.5 Å². The maximum atomic E-state index is 12.0. The van der Waals surface area contributed by atoms with Gasteiger partial charge in [-0.3, -0.25) is 9.36 Å². The molecule has 2 heterocycles. The highest BCUT2D eigenvalue weighted by Crippen LogP contribution is 2.26. The Morgan fingerprint density at radius 2 is 2.00 bits per heavy atom. The van der Waals surface area contributed by atoms with Crippen molar-refractivity contribution >= 4 is 5.91 Å². The number of aromatic nitrogens is 1. The summed E-state index contributed by atoms with van der Waals surface area (Å²) in [6.45, 7) is 1.69. The maximum absolute atomic E-state index is 12.0. The van der Waals surface area contributed by atoms with Crippen molar-refractivity contribution in [3.05, 3.63) is 41.4 Å². The molecule has 2 aromatic rings. The van der Waals surface area contributed by atoms with Crippen LogP contribution in [-0.2, 0) is 0 Å². The Hall–Kier alpha value is -2.48. The zero-order chi connectivity index (χ0) is 13.3. The topological polar surface area (TPSA) is 62.2 Å². The van der Waals surface area contributed by atoms with Crippen molar-refractivity contribution < 1.29 is 9.21 Å². The van der Waals surface area contributed by atoms with Crippen LogP contribution in [0.3, 0.4) is 0 Å². The fraction of sp³-hybridized carbons (Fsp3) is 0.231. The predicted octanol–water partition coefficient (Wildman–Crippen LogP) is 1.95. The number of carbonyl (C=O) groups excluding carboxylic acids is 1. The summed E-state index contributed by atoms with van der Waals surface area (Å²) in [6, 6.07) is 5.70. The van der Waals surface area contributed by atoms with Gasteiger partial charge < -0.3 is 9.32 Å². The summed E-state index contributed by atoms with van der Waals surface area (Å²) < 4.78 is 7.22. The Morgan fingerprint density at radius 3 is 2.50 bits per heavy atom. The quantitative estimate of drug-likeness (QED) is 0.809. The van der Waals surface area contributed by atoms with Gasteiger partial charge in [-0.25, -0.2) is 0 Å². The fourth-order valence-electron chi connectivity index (χ4n) is 1.77. The van der Waals surface area contributed by atoms with Crippen molar-refractivity contribution in [2.75, 3.05) is 14.1 Å². The van der Waals surface area contributed by atoms with Gasteiger partial charge >= 0.3 is 0 Å². The van der Waals surface area contributed by atoms with E-state index in [1.54, 1.807) is 38.0 Å². The van der Waals surface area contributed by atoms with Crippen molar-refractivity contribution in [1.82, 2.24) is 9.47 Å². The lowest BCUT2D eigenvalue weighted by atomic mass is 10.1. The van der Waals surface area contributed by atoms with Gasteiger partial charge in [-0.2, -0.15) is 5.26 Å². The Kier molecular flexibility index (Phi) is 2.94. The van der Waals surface area contributed by atoms with E-state index in [0.717, 1.165) is 0 Å². The minimum absolute atomic E-state index is 0.230. The Labute approximate surface area is 105 Å². The van der Waals surface area contributed by atoms with E-state index in [9.17, 15) is 10.1 Å². The number of furan rings is 1. The van der Waals surface area contributed by atoms with E-state index < -0.39 is 0 Å². The third-order valence-electron chi connectivity index (χ3n) is 2.64. The van der Waals surface area contributed by atoms with E-state index in [0.29, 0.717) is 17.2 Å². The number of amides is 1. The number of hydrogen-bond donors (Lipinski definition) is 0. The zero-order valence-electron chi connectivity index (χ0n) is 10.5. The van der Waals surface area contributed by atoms with Crippen LogP contribution in [0.4, 0.5) is 0 Å². The Balaban J connectivity index is 2.64. The molecule has 0 bridgehead atoms. The molecule has 5 heteroatoms. The largest absolute Gasteiger partial charge is 0.443 e. The van der Waals surface area contributed by atoms with Gasteiger partial charge in [0, 0.05) is 26.5 Å². The van der Waals surface area contributed by atoms with Crippen LogP contribution in [0.2, 0.25) is 0 Å². The van der Waals surface area contributed by atoms with Gasteiger partial charge in [0.2, 0.25) is 5.88 Å². The Morgan fingerprint density at radius 1 is 1.39 bits per heavy atom. The summed E-state index contributed by atoms with van der Waals surface area (Å²) >= 11 is 0. The lowest BCUT2D eigenvalue weighted by Gasteiger charge is -2.08. The smallest absolute Gasteiger partial charge is 0.258 e. The molecule has 0 unspecified atom stereocenters. The Bertz CT molecular complexity index is 615. The molecule has 0 aliphatic carbocycles. The van der Waals surface area contributed by atoms with E-state index in [1.807, 2.05) is 18.2 Å². The number of nitriles is 1. The van der Waals surface area contributed by atoms with Gasteiger partial charge in [0.25, 0.3) is 5.91 Å². The van der Waals surface area contributed by atoms with Crippen molar-refractivity contribution in [3.8, 4) is 12.0 Å². The third kappa shape index (κ3) is 1.78. The molecule has 0 aromatic carbocycles. The molecule has 2 rings (SSSR count). The van der Waals surface area contributed by atoms with Crippen LogP contribution in [0.5, 0.6) is 0 Å². The molecule has 0 aliphatic heterocycles. The summed E-state index contributed by atoms with van der Waals surface area (Å²) in [6.07, 6.45) is 3.53. The van der Waals surface area contributed by atoms with E-state index in [4.69, 9.17) is 4.42 Å². The monoisotopic (exact) mass is 243 g/mol. The number of aryl methyl sites for hydroxylation is 1.